The lowest BCUT2D eigenvalue weighted by atomic mass is 10.3. The Morgan fingerprint density at radius 1 is 1.53 bits per heavy atom. The van der Waals surface area contributed by atoms with Gasteiger partial charge in [0, 0.05) is 12.2 Å². The van der Waals surface area contributed by atoms with Crippen LogP contribution in [-0.4, -0.2) is 30.7 Å². The fraction of sp³-hybridized carbons (Fsp3) is 0.455. The number of carbonyl (C=O) groups is 1. The summed E-state index contributed by atoms with van der Waals surface area (Å²) >= 11 is 0. The second-order valence-corrected chi connectivity index (χ2v) is 4.43. The van der Waals surface area contributed by atoms with Crippen molar-refractivity contribution in [3.05, 3.63) is 23.8 Å². The van der Waals surface area contributed by atoms with Gasteiger partial charge < -0.3 is 15.0 Å². The lowest BCUT2D eigenvalue weighted by Gasteiger charge is -2.11. The number of hydrogen-bond acceptors (Lipinski definition) is 6. The Morgan fingerprint density at radius 3 is 2.84 bits per heavy atom. The molecule has 0 amide bonds. The van der Waals surface area contributed by atoms with E-state index in [9.17, 15) is 4.79 Å². The zero-order valence-electron chi connectivity index (χ0n) is 11.1. The van der Waals surface area contributed by atoms with Crippen molar-refractivity contribution in [3.63, 3.8) is 0 Å². The van der Waals surface area contributed by atoms with E-state index >= 15 is 0 Å². The van der Waals surface area contributed by atoms with Crippen molar-refractivity contribution in [1.29, 1.82) is 0 Å². The fourth-order valence-corrected chi connectivity index (χ4v) is 1.68. The number of hydrogen-bond donors (Lipinski definition) is 1. The van der Waals surface area contributed by atoms with E-state index in [1.807, 2.05) is 13.8 Å². The predicted octanol–water partition coefficient (Wildman–Crippen LogP) is 0.532. The first kappa shape index (κ1) is 13.1. The van der Waals surface area contributed by atoms with E-state index in [-0.39, 0.29) is 12.6 Å². The minimum absolute atomic E-state index is 0.0180. The summed E-state index contributed by atoms with van der Waals surface area (Å²) in [6, 6.07) is 1.71. The number of carbonyl (C=O) groups excluding carboxylic acids is 1. The minimum atomic E-state index is -0.460. The summed E-state index contributed by atoms with van der Waals surface area (Å²) in [4.78, 5) is 13.3. The van der Waals surface area contributed by atoms with Crippen molar-refractivity contribution in [3.8, 4) is 0 Å². The lowest BCUT2D eigenvalue weighted by Crippen LogP contribution is -2.13. The van der Waals surface area contributed by atoms with Crippen LogP contribution in [0.5, 0.6) is 0 Å². The maximum Gasteiger partial charge on any atom is 0.355 e. The summed E-state index contributed by atoms with van der Waals surface area (Å²) in [5.74, 6) is -0.107. The molecule has 0 spiro atoms. The van der Waals surface area contributed by atoms with Gasteiger partial charge in [0.25, 0.3) is 0 Å². The topological polar surface area (TPSA) is 101 Å². The van der Waals surface area contributed by atoms with E-state index in [1.165, 1.54) is 4.80 Å². The largest absolute Gasteiger partial charge is 0.453 e. The Morgan fingerprint density at radius 2 is 2.26 bits per heavy atom. The van der Waals surface area contributed by atoms with E-state index in [0.717, 1.165) is 0 Å². The van der Waals surface area contributed by atoms with Crippen LogP contribution < -0.4 is 5.73 Å². The molecule has 0 bridgehead atoms. The number of tetrazole rings is 1. The molecule has 8 heteroatoms. The number of anilines is 1. The van der Waals surface area contributed by atoms with Crippen molar-refractivity contribution < 1.29 is 9.53 Å². The summed E-state index contributed by atoms with van der Waals surface area (Å²) in [5, 5.41) is 11.3. The Hall–Kier alpha value is -2.38. The maximum atomic E-state index is 12.0. The second-order valence-electron chi connectivity index (χ2n) is 4.43. The van der Waals surface area contributed by atoms with E-state index in [1.54, 1.807) is 23.9 Å². The van der Waals surface area contributed by atoms with Crippen LogP contribution in [0.15, 0.2) is 12.3 Å². The molecule has 0 atom stereocenters. The van der Waals surface area contributed by atoms with Crippen LogP contribution in [0.25, 0.3) is 0 Å². The van der Waals surface area contributed by atoms with Gasteiger partial charge in [0.1, 0.15) is 5.69 Å². The highest BCUT2D eigenvalue weighted by Crippen LogP contribution is 2.17. The van der Waals surface area contributed by atoms with Crippen molar-refractivity contribution in [2.45, 2.75) is 26.5 Å². The molecule has 0 fully saturated rings. The molecule has 2 heterocycles. The molecule has 0 saturated carbocycles. The van der Waals surface area contributed by atoms with Gasteiger partial charge in [-0.25, -0.2) is 4.79 Å². The number of aromatic nitrogens is 5. The standard InChI is InChI=1S/C11H16N6O2/c1-7(2)17-5-8(12)4-9(17)11(18)19-6-10-13-15-16(3)14-10/h4-5,7H,6,12H2,1-3H3. The maximum absolute atomic E-state index is 12.0. The molecule has 0 saturated heterocycles. The highest BCUT2D eigenvalue weighted by Gasteiger charge is 2.17. The third-order valence-electron chi connectivity index (χ3n) is 2.52. The van der Waals surface area contributed by atoms with Gasteiger partial charge >= 0.3 is 5.97 Å². The number of ether oxygens (including phenoxy) is 1. The van der Waals surface area contributed by atoms with E-state index < -0.39 is 5.97 Å². The zero-order chi connectivity index (χ0) is 14.0. The van der Waals surface area contributed by atoms with Gasteiger partial charge in [-0.1, -0.05) is 0 Å². The lowest BCUT2D eigenvalue weighted by molar-refractivity contribution is 0.0447. The molecule has 102 valence electrons. The molecule has 0 aliphatic carbocycles. The van der Waals surface area contributed by atoms with Crippen molar-refractivity contribution in [2.75, 3.05) is 5.73 Å². The first-order chi connectivity index (χ1) is 8.97. The SMILES string of the molecule is CC(C)n1cc(N)cc1C(=O)OCc1nnn(C)n1. The number of nitrogen functional groups attached to an aromatic ring is 1. The van der Waals surface area contributed by atoms with Gasteiger partial charge in [-0.15, -0.1) is 10.2 Å². The Labute approximate surface area is 110 Å². The molecule has 0 unspecified atom stereocenters. The molecule has 8 nitrogen and oxygen atoms in total. The van der Waals surface area contributed by atoms with Gasteiger partial charge in [0.05, 0.1) is 12.7 Å². The van der Waals surface area contributed by atoms with Crippen molar-refractivity contribution >= 4 is 11.7 Å². The summed E-state index contributed by atoms with van der Waals surface area (Å²) < 4.78 is 6.90. The van der Waals surface area contributed by atoms with Crippen LogP contribution >= 0.6 is 0 Å². The van der Waals surface area contributed by atoms with Crippen molar-refractivity contribution in [1.82, 2.24) is 24.8 Å². The first-order valence-corrected chi connectivity index (χ1v) is 5.84. The second kappa shape index (κ2) is 5.09. The van der Waals surface area contributed by atoms with Gasteiger partial charge in [0.15, 0.2) is 6.61 Å². The van der Waals surface area contributed by atoms with E-state index in [2.05, 4.69) is 15.4 Å². The van der Waals surface area contributed by atoms with E-state index in [4.69, 9.17) is 10.5 Å². The molecule has 0 aliphatic heterocycles. The number of nitrogens with zero attached hydrogens (tertiary/aromatic N) is 5. The number of aryl methyl sites for hydroxylation is 1. The summed E-state index contributed by atoms with van der Waals surface area (Å²) in [7, 11) is 1.64. The molecular weight excluding hydrogens is 248 g/mol. The summed E-state index contributed by atoms with van der Waals surface area (Å²) in [6.45, 7) is 3.90. The molecule has 2 aromatic rings. The van der Waals surface area contributed by atoms with Gasteiger partial charge in [0.2, 0.25) is 5.82 Å². The smallest absolute Gasteiger partial charge is 0.355 e. The molecule has 0 radical (unpaired) electrons. The third-order valence-corrected chi connectivity index (χ3v) is 2.52. The highest BCUT2D eigenvalue weighted by molar-refractivity contribution is 5.89. The zero-order valence-corrected chi connectivity index (χ0v) is 11.1. The fourth-order valence-electron chi connectivity index (χ4n) is 1.68. The van der Waals surface area contributed by atoms with Crippen molar-refractivity contribution in [2.24, 2.45) is 7.05 Å². The number of nitrogens with two attached hydrogens (primary N) is 1. The number of rotatable bonds is 4. The van der Waals surface area contributed by atoms with Crippen LogP contribution in [0.2, 0.25) is 0 Å². The normalized spacial score (nSPS) is 10.9. The van der Waals surface area contributed by atoms with E-state index in [0.29, 0.717) is 17.2 Å². The van der Waals surface area contributed by atoms with Gasteiger partial charge in [-0.3, -0.25) is 0 Å². The first-order valence-electron chi connectivity index (χ1n) is 5.84. The average Bonchev–Trinajstić information content (AvgIpc) is 2.92. The highest BCUT2D eigenvalue weighted by atomic mass is 16.5. The van der Waals surface area contributed by atoms with Crippen LogP contribution in [0, 0.1) is 0 Å². The minimum Gasteiger partial charge on any atom is -0.453 e. The predicted molar refractivity (Wildman–Crippen MR) is 67.1 cm³/mol. The average molecular weight is 264 g/mol. The van der Waals surface area contributed by atoms with Crippen LogP contribution in [0.4, 0.5) is 5.69 Å². The van der Waals surface area contributed by atoms with Gasteiger partial charge in [-0.05, 0) is 25.1 Å². The summed E-state index contributed by atoms with van der Waals surface area (Å²) in [5.41, 5.74) is 6.64. The summed E-state index contributed by atoms with van der Waals surface area (Å²) in [6.07, 6.45) is 1.71. The Balaban J connectivity index is 2.07. The monoisotopic (exact) mass is 264 g/mol. The van der Waals surface area contributed by atoms with Crippen LogP contribution in [0.3, 0.4) is 0 Å². The molecule has 2 N–H and O–H groups in total. The molecule has 0 aromatic carbocycles. The Bertz CT molecular complexity index is 586. The van der Waals surface area contributed by atoms with Crippen LogP contribution in [0.1, 0.15) is 36.2 Å². The molecule has 2 rings (SSSR count). The van der Waals surface area contributed by atoms with Crippen LogP contribution in [-0.2, 0) is 18.4 Å². The number of esters is 1. The molecule has 0 aliphatic rings. The molecule has 2 aromatic heterocycles. The quantitative estimate of drug-likeness (QED) is 0.808. The van der Waals surface area contributed by atoms with Gasteiger partial charge in [-0.2, -0.15) is 4.80 Å². The molecular formula is C11H16N6O2. The molecule has 19 heavy (non-hydrogen) atoms. The third kappa shape index (κ3) is 2.90. The Kier molecular flexibility index (Phi) is 3.50.